The summed E-state index contributed by atoms with van der Waals surface area (Å²) in [5.41, 5.74) is 1.79. The molecule has 0 saturated carbocycles. The Labute approximate surface area is 115 Å². The average Bonchev–Trinajstić information content (AvgIpc) is 2.41. The molecule has 2 aromatic rings. The van der Waals surface area contributed by atoms with E-state index in [4.69, 9.17) is 33.0 Å². The Balaban J connectivity index is 2.64. The number of aromatic nitrogens is 1. The van der Waals surface area contributed by atoms with Gasteiger partial charge in [0.05, 0.1) is 29.5 Å². The molecule has 18 heavy (non-hydrogen) atoms. The molecule has 0 bridgehead atoms. The largest absolute Gasteiger partial charge is 0.494 e. The van der Waals surface area contributed by atoms with Gasteiger partial charge in [-0.05, 0) is 18.2 Å². The maximum absolute atomic E-state index is 9.13. The lowest BCUT2D eigenvalue weighted by molar-refractivity contribution is 0.276. The van der Waals surface area contributed by atoms with Crippen molar-refractivity contribution < 1.29 is 9.84 Å². The Morgan fingerprint density at radius 1 is 1.22 bits per heavy atom. The summed E-state index contributed by atoms with van der Waals surface area (Å²) in [6, 6.07) is 8.73. The van der Waals surface area contributed by atoms with Crippen LogP contribution in [0.2, 0.25) is 10.0 Å². The molecule has 0 amide bonds. The predicted molar refractivity (Wildman–Crippen MR) is 72.2 cm³/mol. The molecule has 0 aliphatic carbocycles. The number of nitrogens with zero attached hydrogens (tertiary/aromatic N) is 1. The molecule has 1 N–H and O–H groups in total. The minimum atomic E-state index is -0.144. The van der Waals surface area contributed by atoms with Crippen molar-refractivity contribution >= 4 is 23.2 Å². The quantitative estimate of drug-likeness (QED) is 0.937. The number of hydrogen-bond donors (Lipinski definition) is 1. The minimum Gasteiger partial charge on any atom is -0.494 e. The molecule has 5 heteroatoms. The van der Waals surface area contributed by atoms with Crippen LogP contribution in [0.25, 0.3) is 11.3 Å². The number of aliphatic hydroxyl groups excluding tert-OH is 1. The minimum absolute atomic E-state index is 0.144. The van der Waals surface area contributed by atoms with E-state index in [9.17, 15) is 0 Å². The average molecular weight is 284 g/mol. The first-order valence-corrected chi connectivity index (χ1v) is 6.02. The van der Waals surface area contributed by atoms with Crippen molar-refractivity contribution in [3.8, 4) is 17.0 Å². The summed E-state index contributed by atoms with van der Waals surface area (Å²) in [5.74, 6) is 0.580. The number of halogens is 2. The van der Waals surface area contributed by atoms with Gasteiger partial charge in [0.2, 0.25) is 0 Å². The normalized spacial score (nSPS) is 10.4. The number of benzene rings is 1. The van der Waals surface area contributed by atoms with E-state index >= 15 is 0 Å². The molecule has 0 aliphatic heterocycles. The SMILES string of the molecule is COc1ccc(CO)nc1-c1cccc(Cl)c1Cl. The van der Waals surface area contributed by atoms with Crippen molar-refractivity contribution in [2.75, 3.05) is 7.11 Å². The van der Waals surface area contributed by atoms with E-state index in [2.05, 4.69) is 4.98 Å². The summed E-state index contributed by atoms with van der Waals surface area (Å²) in [6.45, 7) is -0.144. The molecule has 1 aromatic heterocycles. The monoisotopic (exact) mass is 283 g/mol. The lowest BCUT2D eigenvalue weighted by Gasteiger charge is -2.11. The second kappa shape index (κ2) is 5.57. The van der Waals surface area contributed by atoms with Gasteiger partial charge in [0.1, 0.15) is 11.4 Å². The van der Waals surface area contributed by atoms with Crippen molar-refractivity contribution in [1.82, 2.24) is 4.98 Å². The molecule has 3 nitrogen and oxygen atoms in total. The molecule has 0 spiro atoms. The van der Waals surface area contributed by atoms with Gasteiger partial charge in [0.25, 0.3) is 0 Å². The molecule has 0 saturated heterocycles. The van der Waals surface area contributed by atoms with E-state index in [0.29, 0.717) is 32.7 Å². The van der Waals surface area contributed by atoms with Gasteiger partial charge in [0.15, 0.2) is 0 Å². The molecule has 0 fully saturated rings. The molecular weight excluding hydrogens is 273 g/mol. The first-order valence-electron chi connectivity index (χ1n) is 5.26. The summed E-state index contributed by atoms with van der Waals surface area (Å²) in [5, 5.41) is 10.0. The standard InChI is InChI=1S/C13H11Cl2NO2/c1-18-11-6-5-8(7-17)16-13(11)9-3-2-4-10(14)12(9)15/h2-6,17H,7H2,1H3. The van der Waals surface area contributed by atoms with Gasteiger partial charge in [-0.15, -0.1) is 0 Å². The molecule has 0 radical (unpaired) electrons. The molecule has 0 atom stereocenters. The number of ether oxygens (including phenoxy) is 1. The van der Waals surface area contributed by atoms with Crippen molar-refractivity contribution in [2.24, 2.45) is 0 Å². The third-order valence-electron chi connectivity index (χ3n) is 2.50. The lowest BCUT2D eigenvalue weighted by atomic mass is 10.1. The Morgan fingerprint density at radius 3 is 2.67 bits per heavy atom. The Kier molecular flexibility index (Phi) is 4.07. The molecule has 0 unspecified atom stereocenters. The molecule has 1 aromatic carbocycles. The highest BCUT2D eigenvalue weighted by atomic mass is 35.5. The number of aliphatic hydroxyl groups is 1. The Hall–Kier alpha value is -1.29. The van der Waals surface area contributed by atoms with E-state index in [1.54, 1.807) is 37.4 Å². The maximum atomic E-state index is 9.13. The van der Waals surface area contributed by atoms with Crippen LogP contribution in [0.3, 0.4) is 0 Å². The fourth-order valence-electron chi connectivity index (χ4n) is 1.62. The van der Waals surface area contributed by atoms with Crippen molar-refractivity contribution in [3.05, 3.63) is 46.1 Å². The van der Waals surface area contributed by atoms with Crippen LogP contribution in [0.15, 0.2) is 30.3 Å². The third kappa shape index (κ3) is 2.43. The fraction of sp³-hybridized carbons (Fsp3) is 0.154. The second-order valence-corrected chi connectivity index (χ2v) is 4.40. The Bertz CT molecular complexity index is 573. The van der Waals surface area contributed by atoms with Gasteiger partial charge >= 0.3 is 0 Å². The first kappa shape index (κ1) is 13.1. The number of pyridine rings is 1. The van der Waals surface area contributed by atoms with E-state index in [1.165, 1.54) is 0 Å². The topological polar surface area (TPSA) is 42.4 Å². The van der Waals surface area contributed by atoms with E-state index < -0.39 is 0 Å². The highest BCUT2D eigenvalue weighted by molar-refractivity contribution is 6.43. The fourth-order valence-corrected chi connectivity index (χ4v) is 2.01. The van der Waals surface area contributed by atoms with Crippen LogP contribution in [0.4, 0.5) is 0 Å². The lowest BCUT2D eigenvalue weighted by Crippen LogP contribution is -1.96. The van der Waals surface area contributed by atoms with Crippen molar-refractivity contribution in [3.63, 3.8) is 0 Å². The van der Waals surface area contributed by atoms with Gasteiger partial charge in [-0.25, -0.2) is 4.98 Å². The molecule has 94 valence electrons. The molecule has 1 heterocycles. The van der Waals surface area contributed by atoms with Gasteiger partial charge in [0, 0.05) is 5.56 Å². The summed E-state index contributed by atoms with van der Waals surface area (Å²) in [4.78, 5) is 4.32. The second-order valence-electron chi connectivity index (χ2n) is 3.61. The first-order chi connectivity index (χ1) is 8.67. The Morgan fingerprint density at radius 2 is 2.00 bits per heavy atom. The number of rotatable bonds is 3. The zero-order chi connectivity index (χ0) is 13.1. The van der Waals surface area contributed by atoms with Crippen molar-refractivity contribution in [1.29, 1.82) is 0 Å². The zero-order valence-electron chi connectivity index (χ0n) is 9.65. The van der Waals surface area contributed by atoms with Crippen LogP contribution >= 0.6 is 23.2 Å². The summed E-state index contributed by atoms with van der Waals surface area (Å²) in [6.07, 6.45) is 0. The van der Waals surface area contributed by atoms with Gasteiger partial charge in [-0.2, -0.15) is 0 Å². The van der Waals surface area contributed by atoms with Crippen LogP contribution < -0.4 is 4.74 Å². The van der Waals surface area contributed by atoms with E-state index in [1.807, 2.05) is 0 Å². The maximum Gasteiger partial charge on any atom is 0.145 e. The molecule has 2 rings (SSSR count). The van der Waals surface area contributed by atoms with Crippen LogP contribution in [0.5, 0.6) is 5.75 Å². The zero-order valence-corrected chi connectivity index (χ0v) is 11.2. The summed E-state index contributed by atoms with van der Waals surface area (Å²) >= 11 is 12.1. The van der Waals surface area contributed by atoms with Crippen LogP contribution in [0.1, 0.15) is 5.69 Å². The van der Waals surface area contributed by atoms with Gasteiger partial charge in [-0.3, -0.25) is 0 Å². The van der Waals surface area contributed by atoms with Gasteiger partial charge in [-0.1, -0.05) is 35.3 Å². The molecular formula is C13H11Cl2NO2. The van der Waals surface area contributed by atoms with Crippen LogP contribution in [-0.4, -0.2) is 17.2 Å². The van der Waals surface area contributed by atoms with E-state index in [0.717, 1.165) is 0 Å². The van der Waals surface area contributed by atoms with Gasteiger partial charge < -0.3 is 9.84 Å². The van der Waals surface area contributed by atoms with E-state index in [-0.39, 0.29) is 6.61 Å². The molecule has 0 aliphatic rings. The highest BCUT2D eigenvalue weighted by Crippen LogP contribution is 2.36. The summed E-state index contributed by atoms with van der Waals surface area (Å²) in [7, 11) is 1.55. The third-order valence-corrected chi connectivity index (χ3v) is 3.32. The number of hydrogen-bond acceptors (Lipinski definition) is 3. The predicted octanol–water partition coefficient (Wildman–Crippen LogP) is 3.56. The van der Waals surface area contributed by atoms with Crippen LogP contribution in [0, 0.1) is 0 Å². The highest BCUT2D eigenvalue weighted by Gasteiger charge is 2.13. The number of methoxy groups -OCH3 is 1. The summed E-state index contributed by atoms with van der Waals surface area (Å²) < 4.78 is 5.25. The van der Waals surface area contributed by atoms with Crippen LogP contribution in [-0.2, 0) is 6.61 Å². The smallest absolute Gasteiger partial charge is 0.145 e. The van der Waals surface area contributed by atoms with Crippen molar-refractivity contribution in [2.45, 2.75) is 6.61 Å².